The molecule has 0 saturated heterocycles. The van der Waals surface area contributed by atoms with Gasteiger partial charge in [0.15, 0.2) is 0 Å². The first kappa shape index (κ1) is 38.6. The maximum absolute atomic E-state index is 2.57. The van der Waals surface area contributed by atoms with Crippen molar-refractivity contribution in [3.8, 4) is 11.1 Å². The first-order valence-electron chi connectivity index (χ1n) is 22.2. The predicted octanol–water partition coefficient (Wildman–Crippen LogP) is 15.9. The lowest BCUT2D eigenvalue weighted by Crippen LogP contribution is -2.36. The Hall–Kier alpha value is -6.64. The van der Waals surface area contributed by atoms with Gasteiger partial charge in [-0.2, -0.15) is 0 Å². The van der Waals surface area contributed by atoms with Gasteiger partial charge >= 0.3 is 0 Å². The van der Waals surface area contributed by atoms with Crippen LogP contribution in [0.1, 0.15) is 75.5 Å². The summed E-state index contributed by atoms with van der Waals surface area (Å²) in [5.41, 5.74) is 13.8. The molecule has 2 nitrogen and oxygen atoms in total. The molecule has 0 heterocycles. The molecular weight excluding hydrogens is 737 g/mol. The van der Waals surface area contributed by atoms with Crippen LogP contribution in [0.2, 0.25) is 0 Å². The first-order valence-corrected chi connectivity index (χ1v) is 22.2. The van der Waals surface area contributed by atoms with Crippen molar-refractivity contribution in [3.05, 3.63) is 216 Å². The van der Waals surface area contributed by atoms with Crippen molar-refractivity contribution in [1.82, 2.24) is 0 Å². The smallest absolute Gasteiger partial charge is 0.0546 e. The van der Waals surface area contributed by atoms with Crippen molar-refractivity contribution < 1.29 is 0 Å². The van der Waals surface area contributed by atoms with E-state index in [1.54, 1.807) is 0 Å². The lowest BCUT2D eigenvalue weighted by atomic mass is 9.68. The summed E-state index contributed by atoms with van der Waals surface area (Å²) in [5, 5.41) is 6.56. The van der Waals surface area contributed by atoms with Gasteiger partial charge in [0.1, 0.15) is 0 Å². The van der Waals surface area contributed by atoms with E-state index in [4.69, 9.17) is 0 Å². The lowest BCUT2D eigenvalue weighted by molar-refractivity contribution is 0.429. The van der Waals surface area contributed by atoms with E-state index in [1.165, 1.54) is 77.3 Å². The van der Waals surface area contributed by atoms with Crippen LogP contribution in [0.4, 0.5) is 28.4 Å². The highest BCUT2D eigenvalue weighted by Gasteiger charge is 2.38. The molecule has 2 aliphatic carbocycles. The van der Waals surface area contributed by atoms with Crippen LogP contribution < -0.4 is 15.0 Å². The average molecular weight is 791 g/mol. The van der Waals surface area contributed by atoms with Crippen LogP contribution in [0.5, 0.6) is 0 Å². The Balaban J connectivity index is 1.35. The lowest BCUT2D eigenvalue weighted by Gasteiger charge is -2.42. The maximum atomic E-state index is 2.57. The highest BCUT2D eigenvalue weighted by molar-refractivity contribution is 6.22. The summed E-state index contributed by atoms with van der Waals surface area (Å²) in [7, 11) is 0. The second kappa shape index (κ2) is 16.1. The number of para-hydroxylation sites is 2. The van der Waals surface area contributed by atoms with Gasteiger partial charge in [0, 0.05) is 45.0 Å². The van der Waals surface area contributed by atoms with Gasteiger partial charge in [-0.3, -0.25) is 0 Å². The fourth-order valence-corrected chi connectivity index (χ4v) is 10.3. The molecule has 0 aliphatic heterocycles. The van der Waals surface area contributed by atoms with E-state index in [9.17, 15) is 0 Å². The summed E-state index contributed by atoms with van der Waals surface area (Å²) in [4.78, 5) is 5.06. The molecule has 0 aromatic heterocycles. The second-order valence-electron chi connectivity index (χ2n) is 17.7. The third kappa shape index (κ3) is 6.85. The van der Waals surface area contributed by atoms with E-state index in [-0.39, 0.29) is 11.8 Å². The molecule has 0 saturated carbocycles. The molecule has 2 aliphatic rings. The van der Waals surface area contributed by atoms with Crippen LogP contribution in [-0.4, -0.2) is 0 Å². The van der Waals surface area contributed by atoms with Gasteiger partial charge in [0.2, 0.25) is 0 Å². The fourth-order valence-electron chi connectivity index (χ4n) is 10.3. The topological polar surface area (TPSA) is 6.48 Å². The van der Waals surface area contributed by atoms with E-state index in [0.29, 0.717) is 17.8 Å². The molecule has 61 heavy (non-hydrogen) atoms. The van der Waals surface area contributed by atoms with Crippen LogP contribution in [0, 0.1) is 11.8 Å². The minimum atomic E-state index is 0.217. The van der Waals surface area contributed by atoms with E-state index in [0.717, 1.165) is 17.8 Å². The average Bonchev–Trinajstić information content (AvgIpc) is 3.31. The Bertz CT molecular complexity index is 2940. The summed E-state index contributed by atoms with van der Waals surface area (Å²) in [6.45, 7) is 11.6. The van der Waals surface area contributed by atoms with E-state index in [2.05, 4.69) is 239 Å². The number of benzene rings is 8. The third-order valence-electron chi connectivity index (χ3n) is 13.4. The molecule has 8 aromatic rings. The summed E-state index contributed by atoms with van der Waals surface area (Å²) < 4.78 is 0. The molecule has 0 bridgehead atoms. The molecular formula is C59H54N2. The van der Waals surface area contributed by atoms with Gasteiger partial charge in [-0.25, -0.2) is 0 Å². The van der Waals surface area contributed by atoms with Crippen molar-refractivity contribution in [2.45, 2.75) is 58.8 Å². The predicted molar refractivity (Wildman–Crippen MR) is 262 cm³/mol. The van der Waals surface area contributed by atoms with Crippen LogP contribution in [0.15, 0.2) is 194 Å². The summed E-state index contributed by atoms with van der Waals surface area (Å²) in [5.74, 6) is 1.75. The van der Waals surface area contributed by atoms with E-state index < -0.39 is 0 Å². The van der Waals surface area contributed by atoms with Gasteiger partial charge in [-0.15, -0.1) is 0 Å². The minimum Gasteiger partial charge on any atom is -0.313 e. The van der Waals surface area contributed by atoms with Crippen molar-refractivity contribution in [3.63, 3.8) is 0 Å². The maximum Gasteiger partial charge on any atom is 0.0546 e. The number of nitrogens with zero attached hydrogens (tertiary/aromatic N) is 2. The summed E-state index contributed by atoms with van der Waals surface area (Å²) in [6, 6.07) is 63.8. The van der Waals surface area contributed by atoms with Crippen LogP contribution in [0.3, 0.4) is 0 Å². The summed E-state index contributed by atoms with van der Waals surface area (Å²) >= 11 is 0. The molecule has 0 amide bonds. The number of rotatable bonds is 10. The Labute approximate surface area is 361 Å². The van der Waals surface area contributed by atoms with Gasteiger partial charge in [-0.1, -0.05) is 174 Å². The minimum absolute atomic E-state index is 0.217. The standard InChI is InChI=1S/C59H54N2/c1-39(2)42-26-30-48(31-27-42)60(46-22-14-8-15-23-46)55-38-54(44-18-10-6-11-19-44)50-34-37-53-58-52(36-35-51(55)57(50)58)56(45-20-12-7-13-21-45)41(5)59(53)61(47-24-16-9-17-25-47)49-32-28-43(29-33-49)40(3)4/h6-20,22-41,45,56H,21H2,1-5H3. The van der Waals surface area contributed by atoms with Crippen molar-refractivity contribution in [2.75, 3.05) is 9.80 Å². The van der Waals surface area contributed by atoms with Crippen molar-refractivity contribution in [1.29, 1.82) is 0 Å². The summed E-state index contributed by atoms with van der Waals surface area (Å²) in [6.07, 6.45) is 10.3. The van der Waals surface area contributed by atoms with Crippen molar-refractivity contribution >= 4 is 55.7 Å². The fraction of sp³-hybridized carbons (Fsp3) is 0.186. The van der Waals surface area contributed by atoms with Gasteiger partial charge in [-0.05, 0) is 129 Å². The molecule has 8 aromatic carbocycles. The van der Waals surface area contributed by atoms with E-state index in [1.807, 2.05) is 0 Å². The molecule has 0 spiro atoms. The van der Waals surface area contributed by atoms with Crippen molar-refractivity contribution in [2.24, 2.45) is 11.8 Å². The SMILES string of the molecule is CC(C)c1ccc(N(C2=c3ccc4c(-c5ccccc5)cc(N(c5ccccc5)c5ccc(C(C)C)cc5)c5ccc(c3c45)C(C3C=CC=CC3)C2C)c2ccccc2)cc1. The monoisotopic (exact) mass is 790 g/mol. The van der Waals surface area contributed by atoms with Gasteiger partial charge < -0.3 is 9.80 Å². The van der Waals surface area contributed by atoms with E-state index >= 15 is 0 Å². The van der Waals surface area contributed by atoms with Gasteiger partial charge in [0.25, 0.3) is 0 Å². The molecule has 0 N–H and O–H groups in total. The zero-order valence-corrected chi connectivity index (χ0v) is 36.0. The third-order valence-corrected chi connectivity index (χ3v) is 13.4. The molecule has 0 radical (unpaired) electrons. The molecule has 0 fully saturated rings. The molecule has 300 valence electrons. The number of hydrogen-bond acceptors (Lipinski definition) is 2. The van der Waals surface area contributed by atoms with Crippen LogP contribution in [-0.2, 0) is 0 Å². The zero-order chi connectivity index (χ0) is 41.6. The Morgan fingerprint density at radius 2 is 1.05 bits per heavy atom. The highest BCUT2D eigenvalue weighted by Crippen LogP contribution is 2.52. The second-order valence-corrected chi connectivity index (χ2v) is 17.7. The van der Waals surface area contributed by atoms with Gasteiger partial charge in [0.05, 0.1) is 5.69 Å². The Kier molecular flexibility index (Phi) is 10.2. The number of anilines is 5. The number of allylic oxidation sites excluding steroid dienone is 4. The van der Waals surface area contributed by atoms with Crippen LogP contribution in [0.25, 0.3) is 38.4 Å². The zero-order valence-electron chi connectivity index (χ0n) is 36.0. The molecule has 10 rings (SSSR count). The Morgan fingerprint density at radius 3 is 1.62 bits per heavy atom. The Morgan fingerprint density at radius 1 is 0.508 bits per heavy atom. The molecule has 3 atom stereocenters. The highest BCUT2D eigenvalue weighted by atomic mass is 15.2. The number of hydrogen-bond donors (Lipinski definition) is 0. The largest absolute Gasteiger partial charge is 0.313 e. The quantitative estimate of drug-likeness (QED) is 0.136. The molecule has 3 unspecified atom stereocenters. The molecule has 2 heteroatoms. The normalized spacial score (nSPS) is 17.2. The first-order chi connectivity index (χ1) is 29.9. The van der Waals surface area contributed by atoms with Crippen LogP contribution >= 0.6 is 0 Å².